The molecule has 1 aliphatic rings. The van der Waals surface area contributed by atoms with Gasteiger partial charge in [0.05, 0.1) is 17.5 Å². The van der Waals surface area contributed by atoms with Crippen molar-refractivity contribution in [3.05, 3.63) is 40.2 Å². The van der Waals surface area contributed by atoms with Crippen LogP contribution in [0.25, 0.3) is 10.9 Å². The van der Waals surface area contributed by atoms with Gasteiger partial charge in [0.25, 0.3) is 0 Å². The predicted octanol–water partition coefficient (Wildman–Crippen LogP) is 4.85. The van der Waals surface area contributed by atoms with Crippen LogP contribution in [0.3, 0.4) is 0 Å². The fourth-order valence-corrected chi connectivity index (χ4v) is 4.90. The van der Waals surface area contributed by atoms with Crippen LogP contribution in [0.1, 0.15) is 84.3 Å². The standard InChI is InChI=1S/C26H38N2O4/c1-5-21(27-16(2)3)25(30)20-11-13-22(24-19(20)12-14-23(29)28-24)32-26(31)17(4)15-18-9-7-6-8-10-18/h11-14,16-18,21,25,27,30H,5-10,15H2,1-4H3,(H,28,29). The first kappa shape index (κ1) is 24.5. The van der Waals surface area contributed by atoms with Gasteiger partial charge in [-0.25, -0.2) is 0 Å². The Hall–Kier alpha value is -2.18. The van der Waals surface area contributed by atoms with Crippen LogP contribution in [-0.2, 0) is 4.79 Å². The minimum absolute atomic E-state index is 0.131. The second kappa shape index (κ2) is 11.1. The van der Waals surface area contributed by atoms with Crippen molar-refractivity contribution in [3.8, 4) is 5.75 Å². The van der Waals surface area contributed by atoms with Crippen molar-refractivity contribution < 1.29 is 14.6 Å². The number of rotatable bonds is 9. The SMILES string of the molecule is CCC(NC(C)C)C(O)c1ccc(OC(=O)C(C)CC2CCCCC2)c2[nH]c(=O)ccc12. The topological polar surface area (TPSA) is 91.4 Å². The van der Waals surface area contributed by atoms with E-state index < -0.39 is 6.10 Å². The zero-order valence-corrected chi connectivity index (χ0v) is 19.8. The van der Waals surface area contributed by atoms with E-state index in [1.807, 2.05) is 27.7 Å². The number of aromatic amines is 1. The van der Waals surface area contributed by atoms with Gasteiger partial charge in [0, 0.05) is 23.5 Å². The van der Waals surface area contributed by atoms with Crippen molar-refractivity contribution in [2.45, 2.75) is 90.8 Å². The molecule has 3 rings (SSSR count). The molecule has 0 aliphatic heterocycles. The highest BCUT2D eigenvalue weighted by atomic mass is 16.5. The van der Waals surface area contributed by atoms with Crippen molar-refractivity contribution in [2.75, 3.05) is 0 Å². The van der Waals surface area contributed by atoms with E-state index in [0.717, 1.165) is 12.8 Å². The van der Waals surface area contributed by atoms with Gasteiger partial charge in [-0.3, -0.25) is 9.59 Å². The van der Waals surface area contributed by atoms with Crippen LogP contribution in [0, 0.1) is 11.8 Å². The molecule has 1 fully saturated rings. The predicted molar refractivity (Wildman–Crippen MR) is 128 cm³/mol. The monoisotopic (exact) mass is 442 g/mol. The number of nitrogens with one attached hydrogen (secondary N) is 2. The summed E-state index contributed by atoms with van der Waals surface area (Å²) in [4.78, 5) is 27.7. The van der Waals surface area contributed by atoms with Gasteiger partial charge < -0.3 is 20.1 Å². The molecular weight excluding hydrogens is 404 g/mol. The maximum absolute atomic E-state index is 12.8. The largest absolute Gasteiger partial charge is 0.424 e. The summed E-state index contributed by atoms with van der Waals surface area (Å²) in [5.41, 5.74) is 0.877. The molecule has 1 aliphatic carbocycles. The summed E-state index contributed by atoms with van der Waals surface area (Å²) in [5, 5.41) is 15.2. The number of H-pyrrole nitrogens is 1. The Morgan fingerprint density at radius 1 is 1.16 bits per heavy atom. The van der Waals surface area contributed by atoms with E-state index in [9.17, 15) is 14.7 Å². The minimum atomic E-state index is -0.759. The third-order valence-corrected chi connectivity index (χ3v) is 6.60. The zero-order valence-electron chi connectivity index (χ0n) is 19.8. The summed E-state index contributed by atoms with van der Waals surface area (Å²) in [5.74, 6) is 0.440. The van der Waals surface area contributed by atoms with Crippen molar-refractivity contribution in [1.29, 1.82) is 0 Å². The van der Waals surface area contributed by atoms with Crippen molar-refractivity contribution in [3.63, 3.8) is 0 Å². The number of hydrogen-bond donors (Lipinski definition) is 3. The van der Waals surface area contributed by atoms with Crippen molar-refractivity contribution in [1.82, 2.24) is 10.3 Å². The third-order valence-electron chi connectivity index (χ3n) is 6.60. The Labute approximate surface area is 190 Å². The lowest BCUT2D eigenvalue weighted by atomic mass is 9.83. The van der Waals surface area contributed by atoms with Crippen LogP contribution in [0.5, 0.6) is 5.75 Å². The molecule has 3 atom stereocenters. The lowest BCUT2D eigenvalue weighted by molar-refractivity contribution is -0.138. The molecule has 1 heterocycles. The highest BCUT2D eigenvalue weighted by Crippen LogP contribution is 2.33. The number of ether oxygens (including phenoxy) is 1. The fraction of sp³-hybridized carbons (Fsp3) is 0.615. The van der Waals surface area contributed by atoms with Gasteiger partial charge in [0.1, 0.15) is 0 Å². The Balaban J connectivity index is 1.85. The third kappa shape index (κ3) is 5.99. The first-order valence-electron chi connectivity index (χ1n) is 12.1. The molecule has 0 spiro atoms. The molecule has 6 nitrogen and oxygen atoms in total. The molecule has 1 saturated carbocycles. The zero-order chi connectivity index (χ0) is 23.3. The molecule has 0 radical (unpaired) electrons. The molecule has 3 unspecified atom stereocenters. The number of esters is 1. The molecule has 2 aromatic rings. The molecule has 6 heteroatoms. The molecule has 3 N–H and O–H groups in total. The minimum Gasteiger partial charge on any atom is -0.424 e. The Kier molecular flexibility index (Phi) is 8.49. The van der Waals surface area contributed by atoms with Crippen LogP contribution in [0.4, 0.5) is 0 Å². The van der Waals surface area contributed by atoms with Crippen molar-refractivity contribution >= 4 is 16.9 Å². The highest BCUT2D eigenvalue weighted by molar-refractivity contribution is 5.90. The number of aliphatic hydroxyl groups is 1. The summed E-state index contributed by atoms with van der Waals surface area (Å²) in [7, 11) is 0. The lowest BCUT2D eigenvalue weighted by Gasteiger charge is -2.27. The molecule has 0 amide bonds. The summed E-state index contributed by atoms with van der Waals surface area (Å²) >= 11 is 0. The molecule has 0 bridgehead atoms. The van der Waals surface area contributed by atoms with E-state index in [4.69, 9.17) is 4.74 Å². The first-order chi connectivity index (χ1) is 15.3. The highest BCUT2D eigenvalue weighted by Gasteiger charge is 2.25. The van der Waals surface area contributed by atoms with Gasteiger partial charge in [-0.15, -0.1) is 0 Å². The van der Waals surface area contributed by atoms with Crippen LogP contribution < -0.4 is 15.6 Å². The Morgan fingerprint density at radius 2 is 1.88 bits per heavy atom. The van der Waals surface area contributed by atoms with E-state index in [-0.39, 0.29) is 29.5 Å². The first-order valence-corrected chi connectivity index (χ1v) is 12.1. The van der Waals surface area contributed by atoms with E-state index in [0.29, 0.717) is 28.1 Å². The summed E-state index contributed by atoms with van der Waals surface area (Å²) in [6.45, 7) is 8.03. The normalized spacial score (nSPS) is 17.9. The molecule has 32 heavy (non-hydrogen) atoms. The molecule has 1 aromatic carbocycles. The van der Waals surface area contributed by atoms with Gasteiger partial charge in [0.2, 0.25) is 5.56 Å². The smallest absolute Gasteiger partial charge is 0.314 e. The van der Waals surface area contributed by atoms with Crippen LogP contribution >= 0.6 is 0 Å². The van der Waals surface area contributed by atoms with Gasteiger partial charge in [-0.2, -0.15) is 0 Å². The number of benzene rings is 1. The quantitative estimate of drug-likeness (QED) is 0.381. The fourth-order valence-electron chi connectivity index (χ4n) is 4.90. The van der Waals surface area contributed by atoms with Gasteiger partial charge in [-0.1, -0.05) is 65.9 Å². The number of carbonyl (C=O) groups is 1. The molecule has 176 valence electrons. The number of aromatic nitrogens is 1. The maximum atomic E-state index is 12.8. The van der Waals surface area contributed by atoms with E-state index >= 15 is 0 Å². The van der Waals surface area contributed by atoms with Crippen LogP contribution in [0.2, 0.25) is 0 Å². The number of pyridine rings is 1. The molecule has 1 aromatic heterocycles. The Morgan fingerprint density at radius 3 is 2.53 bits per heavy atom. The maximum Gasteiger partial charge on any atom is 0.314 e. The average Bonchev–Trinajstić information content (AvgIpc) is 2.77. The summed E-state index contributed by atoms with van der Waals surface area (Å²) < 4.78 is 5.77. The average molecular weight is 443 g/mol. The van der Waals surface area contributed by atoms with Crippen molar-refractivity contribution in [2.24, 2.45) is 11.8 Å². The molecular formula is C26H38N2O4. The van der Waals surface area contributed by atoms with Gasteiger partial charge in [-0.05, 0) is 36.5 Å². The lowest BCUT2D eigenvalue weighted by Crippen LogP contribution is -2.39. The van der Waals surface area contributed by atoms with E-state index in [1.54, 1.807) is 18.2 Å². The summed E-state index contributed by atoms with van der Waals surface area (Å²) in [6, 6.07) is 6.71. The van der Waals surface area contributed by atoms with Crippen LogP contribution in [-0.4, -0.2) is 28.1 Å². The van der Waals surface area contributed by atoms with Crippen LogP contribution in [0.15, 0.2) is 29.1 Å². The number of carbonyl (C=O) groups excluding carboxylic acids is 1. The number of aliphatic hydroxyl groups excluding tert-OH is 1. The number of fused-ring (bicyclic) bond motifs is 1. The second-order valence-electron chi connectivity index (χ2n) is 9.61. The van der Waals surface area contributed by atoms with Gasteiger partial charge in [0.15, 0.2) is 5.75 Å². The Bertz CT molecular complexity index is 962. The second-order valence-corrected chi connectivity index (χ2v) is 9.61. The summed E-state index contributed by atoms with van der Waals surface area (Å²) in [6.07, 6.45) is 6.97. The van der Waals surface area contributed by atoms with E-state index in [2.05, 4.69) is 10.3 Å². The van der Waals surface area contributed by atoms with E-state index in [1.165, 1.54) is 38.2 Å². The number of hydrogen-bond acceptors (Lipinski definition) is 5. The molecule has 0 saturated heterocycles. The van der Waals surface area contributed by atoms with Gasteiger partial charge >= 0.3 is 5.97 Å².